The Labute approximate surface area is 257 Å². The third-order valence-electron chi connectivity index (χ3n) is 8.46. The van der Waals surface area contributed by atoms with Crippen molar-refractivity contribution < 1.29 is 31.9 Å². The quantitative estimate of drug-likeness (QED) is 0.278. The first-order valence-corrected chi connectivity index (χ1v) is 15.0. The predicted molar refractivity (Wildman–Crippen MR) is 158 cm³/mol. The molecular formula is C32H23F2N3O7S. The summed E-state index contributed by atoms with van der Waals surface area (Å²) in [6.45, 7) is 1.77. The van der Waals surface area contributed by atoms with Crippen molar-refractivity contribution in [2.45, 2.75) is 25.7 Å². The van der Waals surface area contributed by atoms with Gasteiger partial charge >= 0.3 is 5.82 Å². The molecule has 3 aliphatic rings. The number of pyridine rings is 1. The summed E-state index contributed by atoms with van der Waals surface area (Å²) in [6, 6.07) is 12.6. The Morgan fingerprint density at radius 1 is 1.00 bits per heavy atom. The molecule has 0 bridgehead atoms. The Hall–Kier alpha value is -5.01. The summed E-state index contributed by atoms with van der Waals surface area (Å²) in [5.74, 6) is -3.35. The molecule has 5 aromatic rings. The lowest BCUT2D eigenvalue weighted by molar-refractivity contribution is -0.0198. The van der Waals surface area contributed by atoms with Crippen LogP contribution in [0.2, 0.25) is 0 Å². The molecule has 13 heteroatoms. The molecule has 10 nitrogen and oxygen atoms in total. The Morgan fingerprint density at radius 2 is 1.84 bits per heavy atom. The van der Waals surface area contributed by atoms with Gasteiger partial charge in [-0.15, -0.1) is 11.3 Å². The van der Waals surface area contributed by atoms with E-state index < -0.39 is 41.0 Å². The summed E-state index contributed by atoms with van der Waals surface area (Å²) in [5.41, 5.74) is 2.14. The van der Waals surface area contributed by atoms with Crippen LogP contribution in [0.15, 0.2) is 78.5 Å². The third-order valence-corrected chi connectivity index (χ3v) is 9.41. The number of hydrogen-bond acceptors (Lipinski definition) is 9. The summed E-state index contributed by atoms with van der Waals surface area (Å²) >= 11 is 1.43. The second-order valence-electron chi connectivity index (χ2n) is 10.8. The SMILES string of the molecule is Cc1oc(=O)oc1COc1c2n(ccc1=O)N(C1c3ccccc3-c3sccc3-c3c1ccc(F)c3F)C1COCCN1C2=O. The minimum absolute atomic E-state index is 0.0650. The molecule has 2 aliphatic heterocycles. The smallest absolute Gasteiger partial charge is 0.479 e. The fourth-order valence-corrected chi connectivity index (χ4v) is 7.43. The molecule has 228 valence electrons. The summed E-state index contributed by atoms with van der Waals surface area (Å²) in [5, 5.41) is 3.70. The number of benzene rings is 2. The topological polar surface area (TPSA) is 107 Å². The maximum absolute atomic E-state index is 15.9. The standard InChI is InChI=1S/C32H23F2N3O7S/c1-16-23(44-32(40)43-16)14-42-29-22(38)8-10-36-28(29)31(39)35-11-12-41-15-24(35)37(36)27-17-4-2-3-5-18(17)30-20(9-13-45-30)25-19(27)6-7-21(33)26(25)34/h2-10,13,24,27H,11-12,14-15H2,1H3. The van der Waals surface area contributed by atoms with Crippen molar-refractivity contribution in [3.63, 3.8) is 0 Å². The van der Waals surface area contributed by atoms with Gasteiger partial charge in [0, 0.05) is 34.8 Å². The maximum Gasteiger partial charge on any atom is 0.519 e. The highest BCUT2D eigenvalue weighted by molar-refractivity contribution is 7.14. The van der Waals surface area contributed by atoms with Crippen molar-refractivity contribution in [1.29, 1.82) is 0 Å². The van der Waals surface area contributed by atoms with Crippen molar-refractivity contribution in [2.24, 2.45) is 0 Å². The molecule has 2 atom stereocenters. The van der Waals surface area contributed by atoms with Gasteiger partial charge in [0.25, 0.3) is 5.91 Å². The molecule has 1 saturated heterocycles. The van der Waals surface area contributed by atoms with E-state index in [0.29, 0.717) is 11.1 Å². The van der Waals surface area contributed by atoms with Crippen LogP contribution >= 0.6 is 11.3 Å². The van der Waals surface area contributed by atoms with Crippen LogP contribution in [0, 0.1) is 18.6 Å². The Balaban J connectivity index is 1.38. The molecule has 1 amide bonds. The maximum atomic E-state index is 15.9. The van der Waals surface area contributed by atoms with Crippen LogP contribution in [-0.4, -0.2) is 41.4 Å². The van der Waals surface area contributed by atoms with E-state index in [4.69, 9.17) is 18.3 Å². The van der Waals surface area contributed by atoms with E-state index in [1.165, 1.54) is 30.5 Å². The van der Waals surface area contributed by atoms with Crippen LogP contribution in [0.4, 0.5) is 8.78 Å². The van der Waals surface area contributed by atoms with Gasteiger partial charge in [-0.25, -0.2) is 13.6 Å². The second kappa shape index (κ2) is 10.3. The fraction of sp³-hybridized carbons (Fsp3) is 0.219. The lowest BCUT2D eigenvalue weighted by Crippen LogP contribution is -2.66. The van der Waals surface area contributed by atoms with Crippen LogP contribution in [0.3, 0.4) is 0 Å². The van der Waals surface area contributed by atoms with Gasteiger partial charge < -0.3 is 23.2 Å². The van der Waals surface area contributed by atoms with E-state index in [0.717, 1.165) is 22.1 Å². The van der Waals surface area contributed by atoms with Crippen LogP contribution in [-0.2, 0) is 11.3 Å². The van der Waals surface area contributed by atoms with Crippen molar-refractivity contribution in [2.75, 3.05) is 24.8 Å². The number of aromatic nitrogens is 1. The molecule has 2 aromatic carbocycles. The van der Waals surface area contributed by atoms with Crippen LogP contribution in [0.25, 0.3) is 21.6 Å². The lowest BCUT2D eigenvalue weighted by Gasteiger charge is -2.51. The highest BCUT2D eigenvalue weighted by Gasteiger charge is 2.47. The van der Waals surface area contributed by atoms with Crippen LogP contribution in [0.1, 0.15) is 39.2 Å². The number of morpholine rings is 1. The number of amides is 1. The summed E-state index contributed by atoms with van der Waals surface area (Å²) in [6.07, 6.45) is 0.791. The van der Waals surface area contributed by atoms with E-state index in [-0.39, 0.29) is 54.9 Å². The number of carbonyl (C=O) groups is 1. The number of carbonyl (C=O) groups excluding carboxylic acids is 1. The molecule has 8 rings (SSSR count). The van der Waals surface area contributed by atoms with E-state index in [9.17, 15) is 18.8 Å². The molecule has 3 aromatic heterocycles. The highest BCUT2D eigenvalue weighted by atomic mass is 32.1. The van der Waals surface area contributed by atoms with Crippen LogP contribution in [0.5, 0.6) is 5.75 Å². The first-order valence-electron chi connectivity index (χ1n) is 14.1. The van der Waals surface area contributed by atoms with Gasteiger partial charge in [0.1, 0.15) is 12.8 Å². The average Bonchev–Trinajstić information content (AvgIpc) is 3.62. The zero-order valence-electron chi connectivity index (χ0n) is 23.6. The normalized spacial score (nSPS) is 18.4. The Kier molecular flexibility index (Phi) is 6.29. The average molecular weight is 632 g/mol. The summed E-state index contributed by atoms with van der Waals surface area (Å²) in [4.78, 5) is 41.4. The zero-order chi connectivity index (χ0) is 31.0. The van der Waals surface area contributed by atoms with Crippen molar-refractivity contribution in [1.82, 2.24) is 9.58 Å². The number of fused-ring (bicyclic) bond motifs is 7. The molecule has 5 heterocycles. The zero-order valence-corrected chi connectivity index (χ0v) is 24.4. The number of ether oxygens (including phenoxy) is 2. The largest absolute Gasteiger partial charge is 0.519 e. The number of nitrogens with zero attached hydrogens (tertiary/aromatic N) is 3. The predicted octanol–water partition coefficient (Wildman–Crippen LogP) is 4.81. The summed E-state index contributed by atoms with van der Waals surface area (Å²) < 4.78 is 54.1. The van der Waals surface area contributed by atoms with E-state index in [1.807, 2.05) is 34.7 Å². The number of halogens is 2. The van der Waals surface area contributed by atoms with Gasteiger partial charge in [-0.05, 0) is 41.1 Å². The minimum Gasteiger partial charge on any atom is -0.479 e. The lowest BCUT2D eigenvalue weighted by atomic mass is 9.92. The molecule has 0 N–H and O–H groups in total. The van der Waals surface area contributed by atoms with E-state index in [1.54, 1.807) is 21.7 Å². The van der Waals surface area contributed by atoms with E-state index >= 15 is 4.39 Å². The minimum atomic E-state index is -0.979. The van der Waals surface area contributed by atoms with Crippen LogP contribution < -0.4 is 21.0 Å². The molecule has 45 heavy (non-hydrogen) atoms. The van der Waals surface area contributed by atoms with Gasteiger partial charge in [-0.3, -0.25) is 19.3 Å². The third kappa shape index (κ3) is 4.11. The van der Waals surface area contributed by atoms with Crippen molar-refractivity contribution in [3.8, 4) is 27.3 Å². The Bertz CT molecular complexity index is 2130. The highest BCUT2D eigenvalue weighted by Crippen LogP contribution is 2.51. The monoisotopic (exact) mass is 631 g/mol. The number of rotatable bonds is 4. The molecular weight excluding hydrogens is 608 g/mol. The molecule has 1 fully saturated rings. The van der Waals surface area contributed by atoms with Crippen molar-refractivity contribution in [3.05, 3.63) is 121 Å². The molecule has 0 radical (unpaired) electrons. The number of aryl methyl sites for hydroxylation is 1. The number of hydrogen-bond donors (Lipinski definition) is 0. The first kappa shape index (κ1) is 27.5. The van der Waals surface area contributed by atoms with Gasteiger partial charge in [-0.2, -0.15) is 0 Å². The van der Waals surface area contributed by atoms with Gasteiger partial charge in [0.2, 0.25) is 5.43 Å². The first-order chi connectivity index (χ1) is 21.8. The van der Waals surface area contributed by atoms with Gasteiger partial charge in [-0.1, -0.05) is 30.3 Å². The van der Waals surface area contributed by atoms with Gasteiger partial charge in [0.05, 0.1) is 19.3 Å². The summed E-state index contributed by atoms with van der Waals surface area (Å²) in [7, 11) is 0. The van der Waals surface area contributed by atoms with E-state index in [2.05, 4.69) is 0 Å². The molecule has 0 spiro atoms. The number of thiophene rings is 1. The van der Waals surface area contributed by atoms with Gasteiger partial charge in [0.15, 0.2) is 34.6 Å². The second-order valence-corrected chi connectivity index (χ2v) is 11.8. The molecule has 2 unspecified atom stereocenters. The molecule has 1 aliphatic carbocycles. The Morgan fingerprint density at radius 3 is 2.67 bits per heavy atom. The van der Waals surface area contributed by atoms with Crippen molar-refractivity contribution >= 4 is 17.2 Å². The molecule has 0 saturated carbocycles. The fourth-order valence-electron chi connectivity index (χ4n) is 6.48.